The van der Waals surface area contributed by atoms with Crippen LogP contribution in [0.5, 0.6) is 0 Å². The van der Waals surface area contributed by atoms with Crippen molar-refractivity contribution in [3.8, 4) is 10.7 Å². The highest BCUT2D eigenvalue weighted by atomic mass is 79.9. The van der Waals surface area contributed by atoms with E-state index >= 15 is 0 Å². The maximum Gasteiger partial charge on any atom is 0.149 e. The molecule has 0 aliphatic heterocycles. The molecule has 16 heavy (non-hydrogen) atoms. The van der Waals surface area contributed by atoms with Crippen LogP contribution in [0.2, 0.25) is 0 Å². The SMILES string of the molecule is CCc1c(C)[nH]c(-c2cc(Br)cs2)nc1=S. The molecule has 0 spiro atoms. The molecule has 1 N–H and O–H groups in total. The average molecular weight is 315 g/mol. The lowest BCUT2D eigenvalue weighted by Crippen LogP contribution is -1.98. The number of hydrogen-bond acceptors (Lipinski definition) is 3. The molecule has 0 saturated heterocycles. The molecular formula is C11H11BrN2S2. The second-order valence-corrected chi connectivity index (χ2v) is 5.69. The minimum absolute atomic E-state index is 0.707. The molecule has 2 heterocycles. The minimum Gasteiger partial charge on any atom is -0.342 e. The summed E-state index contributed by atoms with van der Waals surface area (Å²) in [5, 5.41) is 2.04. The molecule has 0 bridgehead atoms. The summed E-state index contributed by atoms with van der Waals surface area (Å²) in [5.74, 6) is 0.857. The van der Waals surface area contributed by atoms with Crippen LogP contribution in [-0.4, -0.2) is 9.97 Å². The van der Waals surface area contributed by atoms with E-state index in [-0.39, 0.29) is 0 Å². The maximum atomic E-state index is 5.29. The number of aromatic nitrogens is 2. The Labute approximate surface area is 112 Å². The summed E-state index contributed by atoms with van der Waals surface area (Å²) in [5.41, 5.74) is 2.25. The molecular weight excluding hydrogens is 304 g/mol. The first-order valence-electron chi connectivity index (χ1n) is 4.96. The predicted molar refractivity (Wildman–Crippen MR) is 74.5 cm³/mol. The van der Waals surface area contributed by atoms with E-state index in [1.54, 1.807) is 11.3 Å². The van der Waals surface area contributed by atoms with E-state index in [4.69, 9.17) is 12.2 Å². The molecule has 0 aliphatic rings. The highest BCUT2D eigenvalue weighted by Crippen LogP contribution is 2.28. The second kappa shape index (κ2) is 4.77. The lowest BCUT2D eigenvalue weighted by Gasteiger charge is -2.05. The Bertz CT molecular complexity index is 572. The third-order valence-electron chi connectivity index (χ3n) is 2.38. The lowest BCUT2D eigenvalue weighted by molar-refractivity contribution is 0.992. The van der Waals surface area contributed by atoms with Crippen LogP contribution in [-0.2, 0) is 6.42 Å². The quantitative estimate of drug-likeness (QED) is 0.827. The molecule has 0 fully saturated rings. The highest BCUT2D eigenvalue weighted by molar-refractivity contribution is 9.10. The molecule has 0 radical (unpaired) electrons. The zero-order valence-corrected chi connectivity index (χ0v) is 12.2. The van der Waals surface area contributed by atoms with Crippen molar-refractivity contribution >= 4 is 39.5 Å². The van der Waals surface area contributed by atoms with Gasteiger partial charge in [-0.2, -0.15) is 0 Å². The van der Waals surface area contributed by atoms with E-state index < -0.39 is 0 Å². The lowest BCUT2D eigenvalue weighted by atomic mass is 10.2. The molecule has 0 unspecified atom stereocenters. The molecule has 2 aromatic rings. The van der Waals surface area contributed by atoms with E-state index in [0.29, 0.717) is 4.64 Å². The zero-order chi connectivity index (χ0) is 11.7. The molecule has 5 heteroatoms. The topological polar surface area (TPSA) is 28.7 Å². The summed E-state index contributed by atoms with van der Waals surface area (Å²) in [4.78, 5) is 8.85. The Morgan fingerprint density at radius 2 is 2.31 bits per heavy atom. The fraction of sp³-hybridized carbons (Fsp3) is 0.273. The number of hydrogen-bond donors (Lipinski definition) is 1. The van der Waals surface area contributed by atoms with Gasteiger partial charge in [0.1, 0.15) is 10.5 Å². The van der Waals surface area contributed by atoms with Gasteiger partial charge in [-0.25, -0.2) is 4.98 Å². The van der Waals surface area contributed by atoms with Gasteiger partial charge < -0.3 is 4.98 Å². The van der Waals surface area contributed by atoms with Crippen molar-refractivity contribution < 1.29 is 0 Å². The number of aromatic amines is 1. The standard InChI is InChI=1S/C11H11BrN2S2/c1-3-8-6(2)13-10(14-11(8)15)9-4-7(12)5-16-9/h4-5H,3H2,1-2H3,(H,13,14,15). The molecule has 2 nitrogen and oxygen atoms in total. The van der Waals surface area contributed by atoms with Crippen molar-refractivity contribution in [2.24, 2.45) is 0 Å². The second-order valence-electron chi connectivity index (χ2n) is 3.48. The van der Waals surface area contributed by atoms with Crippen LogP contribution >= 0.6 is 39.5 Å². The smallest absolute Gasteiger partial charge is 0.149 e. The van der Waals surface area contributed by atoms with E-state index in [2.05, 4.69) is 32.8 Å². The summed E-state index contributed by atoms with van der Waals surface area (Å²) in [6.07, 6.45) is 0.919. The van der Waals surface area contributed by atoms with Crippen LogP contribution in [0.25, 0.3) is 10.7 Å². The largest absolute Gasteiger partial charge is 0.342 e. The van der Waals surface area contributed by atoms with Gasteiger partial charge in [-0.3, -0.25) is 0 Å². The number of nitrogens with zero attached hydrogens (tertiary/aromatic N) is 1. The van der Waals surface area contributed by atoms with Gasteiger partial charge in [-0.15, -0.1) is 11.3 Å². The Morgan fingerprint density at radius 1 is 1.56 bits per heavy atom. The summed E-state index contributed by atoms with van der Waals surface area (Å²) in [6, 6.07) is 2.04. The predicted octanol–water partition coefficient (Wildman–Crippen LogP) is 4.50. The normalized spacial score (nSPS) is 10.7. The number of halogens is 1. The molecule has 84 valence electrons. The van der Waals surface area contributed by atoms with E-state index in [9.17, 15) is 0 Å². The molecule has 0 atom stereocenters. The van der Waals surface area contributed by atoms with Crippen LogP contribution < -0.4 is 0 Å². The summed E-state index contributed by atoms with van der Waals surface area (Å²) in [7, 11) is 0. The molecule has 0 aromatic carbocycles. The summed E-state index contributed by atoms with van der Waals surface area (Å²) >= 11 is 10.4. The van der Waals surface area contributed by atoms with Crippen LogP contribution in [0.4, 0.5) is 0 Å². The first-order chi connectivity index (χ1) is 7.61. The van der Waals surface area contributed by atoms with Crippen molar-refractivity contribution in [2.45, 2.75) is 20.3 Å². The Morgan fingerprint density at radius 3 is 2.81 bits per heavy atom. The number of aryl methyl sites for hydroxylation is 1. The minimum atomic E-state index is 0.707. The van der Waals surface area contributed by atoms with E-state index in [1.807, 2.05) is 18.4 Å². The van der Waals surface area contributed by atoms with Crippen LogP contribution in [0, 0.1) is 11.6 Å². The number of nitrogens with one attached hydrogen (secondary N) is 1. The Hall–Kier alpha value is -0.520. The maximum absolute atomic E-state index is 5.29. The molecule has 0 amide bonds. The number of H-pyrrole nitrogens is 1. The zero-order valence-electron chi connectivity index (χ0n) is 9.00. The number of thiophene rings is 1. The van der Waals surface area contributed by atoms with Gasteiger partial charge in [0.05, 0.1) is 4.88 Å². The van der Waals surface area contributed by atoms with Crippen LogP contribution in [0.15, 0.2) is 15.9 Å². The molecule has 2 rings (SSSR count). The molecule has 0 saturated carbocycles. The van der Waals surface area contributed by atoms with Gasteiger partial charge in [-0.1, -0.05) is 19.1 Å². The van der Waals surface area contributed by atoms with Crippen molar-refractivity contribution in [1.29, 1.82) is 0 Å². The monoisotopic (exact) mass is 314 g/mol. The van der Waals surface area contributed by atoms with Gasteiger partial charge in [0.2, 0.25) is 0 Å². The van der Waals surface area contributed by atoms with Crippen LogP contribution in [0.3, 0.4) is 0 Å². The fourth-order valence-corrected chi connectivity index (χ4v) is 3.34. The third kappa shape index (κ3) is 2.26. The van der Waals surface area contributed by atoms with Crippen LogP contribution in [0.1, 0.15) is 18.2 Å². The third-order valence-corrected chi connectivity index (χ3v) is 4.42. The summed E-state index contributed by atoms with van der Waals surface area (Å²) < 4.78 is 1.78. The highest BCUT2D eigenvalue weighted by Gasteiger charge is 2.07. The van der Waals surface area contributed by atoms with E-state index in [1.165, 1.54) is 0 Å². The Balaban J connectivity index is 2.56. The first-order valence-corrected chi connectivity index (χ1v) is 7.04. The molecule has 2 aromatic heterocycles. The average Bonchev–Trinajstić information content (AvgIpc) is 2.64. The van der Waals surface area contributed by atoms with Gasteiger partial charge in [0.25, 0.3) is 0 Å². The fourth-order valence-electron chi connectivity index (χ4n) is 1.58. The Kier molecular flexibility index (Phi) is 3.56. The van der Waals surface area contributed by atoms with Crippen molar-refractivity contribution in [1.82, 2.24) is 9.97 Å². The van der Waals surface area contributed by atoms with Crippen molar-refractivity contribution in [2.75, 3.05) is 0 Å². The van der Waals surface area contributed by atoms with Gasteiger partial charge in [-0.05, 0) is 35.3 Å². The van der Waals surface area contributed by atoms with Gasteiger partial charge in [0, 0.05) is 21.1 Å². The number of rotatable bonds is 2. The van der Waals surface area contributed by atoms with Crippen molar-refractivity contribution in [3.05, 3.63) is 31.8 Å². The van der Waals surface area contributed by atoms with Gasteiger partial charge in [0.15, 0.2) is 0 Å². The van der Waals surface area contributed by atoms with Crippen molar-refractivity contribution in [3.63, 3.8) is 0 Å². The van der Waals surface area contributed by atoms with E-state index in [0.717, 1.165) is 32.9 Å². The molecule has 0 aliphatic carbocycles. The van der Waals surface area contributed by atoms with Gasteiger partial charge >= 0.3 is 0 Å². The summed E-state index contributed by atoms with van der Waals surface area (Å²) in [6.45, 7) is 4.14. The first kappa shape index (κ1) is 12.0.